The Balaban J connectivity index is 0.000000634. The number of anilines is 1. The van der Waals surface area contributed by atoms with E-state index in [-0.39, 0.29) is 52.6 Å². The normalized spacial score (nSPS) is 17.3. The first-order chi connectivity index (χ1) is 21.9. The quantitative estimate of drug-likeness (QED) is 0.0452. The van der Waals surface area contributed by atoms with Gasteiger partial charge in [0.2, 0.25) is 0 Å². The molecule has 0 spiro atoms. The fourth-order valence-corrected chi connectivity index (χ4v) is 5.56. The highest BCUT2D eigenvalue weighted by atomic mass is 32.2. The maximum absolute atomic E-state index is 13.0. The molecule has 0 aliphatic carbocycles. The number of unbranched alkanes of at least 4 members (excludes halogenated alkanes) is 2. The molecule has 1 saturated heterocycles. The van der Waals surface area contributed by atoms with Crippen molar-refractivity contribution in [2.75, 3.05) is 31.3 Å². The summed E-state index contributed by atoms with van der Waals surface area (Å²) < 4.78 is 5.00. The predicted molar refractivity (Wildman–Crippen MR) is 167 cm³/mol. The lowest BCUT2D eigenvalue weighted by atomic mass is 10.0. The average Bonchev–Trinajstić information content (AvgIpc) is 3.43. The molecule has 2 atom stereocenters. The predicted octanol–water partition coefficient (Wildman–Crippen LogP) is 1.38. The van der Waals surface area contributed by atoms with Gasteiger partial charge in [0.1, 0.15) is 54.8 Å². The molecule has 1 aromatic rings. The molecule has 5 N–H and O–H groups in total. The molecule has 2 amide bonds. The Morgan fingerprint density at radius 2 is 1.83 bits per heavy atom. The number of ketones is 1. The van der Waals surface area contributed by atoms with Gasteiger partial charge in [0.25, 0.3) is 11.8 Å². The molecule has 2 aliphatic heterocycles. The SMILES string of the molecule is CCCCO/N=C(\C(=O)N[C@@H]1C(=O)N2C(C(=O)O)=C(COC(=O)CC(C)=O)CS[C@@H]12)c1csc(N)n1.CCCCON=CC(=O)O. The van der Waals surface area contributed by atoms with Crippen molar-refractivity contribution in [3.8, 4) is 0 Å². The Labute approximate surface area is 272 Å². The summed E-state index contributed by atoms with van der Waals surface area (Å²) in [6.45, 7) is 5.62. The van der Waals surface area contributed by atoms with Crippen LogP contribution in [0.4, 0.5) is 5.13 Å². The van der Waals surface area contributed by atoms with Crippen LogP contribution in [-0.2, 0) is 43.2 Å². The average molecular weight is 685 g/mol. The van der Waals surface area contributed by atoms with E-state index in [0.717, 1.165) is 48.1 Å². The smallest absolute Gasteiger partial charge is 0.352 e. The van der Waals surface area contributed by atoms with Crippen LogP contribution in [0.3, 0.4) is 0 Å². The summed E-state index contributed by atoms with van der Waals surface area (Å²) in [6, 6.07) is -1.02. The number of carbonyl (C=O) groups is 6. The molecule has 1 aromatic heterocycles. The van der Waals surface area contributed by atoms with Crippen molar-refractivity contribution in [2.45, 2.75) is 64.3 Å². The number of fused-ring (bicyclic) bond motifs is 1. The van der Waals surface area contributed by atoms with Gasteiger partial charge < -0.3 is 35.7 Å². The molecule has 0 unspecified atom stereocenters. The lowest BCUT2D eigenvalue weighted by molar-refractivity contribution is -0.150. The van der Waals surface area contributed by atoms with E-state index >= 15 is 0 Å². The number of carbonyl (C=O) groups excluding carboxylic acids is 4. The van der Waals surface area contributed by atoms with Crippen molar-refractivity contribution in [1.29, 1.82) is 0 Å². The number of aromatic nitrogens is 1. The molecule has 2 aliphatic rings. The number of nitrogens with two attached hydrogens (primary N) is 1. The van der Waals surface area contributed by atoms with E-state index in [2.05, 4.69) is 25.4 Å². The van der Waals surface area contributed by atoms with Gasteiger partial charge >= 0.3 is 17.9 Å². The number of carboxylic acid groups (broad SMARTS) is 2. The second-order valence-corrected chi connectivity index (χ2v) is 11.6. The number of hydrogen-bond donors (Lipinski definition) is 4. The minimum Gasteiger partial charge on any atom is -0.477 e. The van der Waals surface area contributed by atoms with Gasteiger partial charge in [-0.25, -0.2) is 14.6 Å². The maximum Gasteiger partial charge on any atom is 0.352 e. The van der Waals surface area contributed by atoms with Crippen molar-refractivity contribution in [1.82, 2.24) is 15.2 Å². The molecule has 0 radical (unpaired) electrons. The van der Waals surface area contributed by atoms with Gasteiger partial charge in [-0.1, -0.05) is 37.0 Å². The molecular formula is C27H36N6O11S2. The highest BCUT2D eigenvalue weighted by Crippen LogP contribution is 2.40. The molecule has 3 rings (SSSR count). The number of nitrogen functional groups attached to an aromatic ring is 1. The lowest BCUT2D eigenvalue weighted by Gasteiger charge is -2.49. The summed E-state index contributed by atoms with van der Waals surface area (Å²) in [4.78, 5) is 85.2. The molecule has 19 heteroatoms. The number of β-lactam (4-membered cyclic amide) rings is 1. The zero-order chi connectivity index (χ0) is 34.2. The number of aliphatic carboxylic acids is 2. The first kappa shape index (κ1) is 37.7. The number of hydrogen-bond acceptors (Lipinski definition) is 15. The highest BCUT2D eigenvalue weighted by Gasteiger charge is 2.54. The van der Waals surface area contributed by atoms with Gasteiger partial charge in [-0.3, -0.25) is 24.1 Å². The third-order valence-electron chi connectivity index (χ3n) is 5.89. The van der Waals surface area contributed by atoms with Crippen LogP contribution in [0.25, 0.3) is 0 Å². The Bertz CT molecular complexity index is 1380. The van der Waals surface area contributed by atoms with Crippen LogP contribution in [0.15, 0.2) is 27.0 Å². The topological polar surface area (TPSA) is 249 Å². The summed E-state index contributed by atoms with van der Waals surface area (Å²) in [7, 11) is 0. The van der Waals surface area contributed by atoms with E-state index in [1.165, 1.54) is 24.1 Å². The van der Waals surface area contributed by atoms with Gasteiger partial charge in [0.15, 0.2) is 17.1 Å². The first-order valence-corrected chi connectivity index (χ1v) is 16.0. The Hall–Kier alpha value is -4.52. The zero-order valence-corrected chi connectivity index (χ0v) is 27.1. The van der Waals surface area contributed by atoms with Gasteiger partial charge in [-0.2, -0.15) is 0 Å². The Morgan fingerprint density at radius 1 is 1.15 bits per heavy atom. The lowest BCUT2D eigenvalue weighted by Crippen LogP contribution is -2.71. The van der Waals surface area contributed by atoms with E-state index in [1.54, 1.807) is 0 Å². The van der Waals surface area contributed by atoms with Gasteiger partial charge in [-0.15, -0.1) is 23.1 Å². The van der Waals surface area contributed by atoms with Crippen LogP contribution in [0.5, 0.6) is 0 Å². The fourth-order valence-electron chi connectivity index (χ4n) is 3.69. The number of thiazole rings is 1. The third kappa shape index (κ3) is 11.4. The number of ether oxygens (including phenoxy) is 1. The number of amides is 2. The highest BCUT2D eigenvalue weighted by molar-refractivity contribution is 8.00. The summed E-state index contributed by atoms with van der Waals surface area (Å²) in [5, 5.41) is 28.5. The van der Waals surface area contributed by atoms with Crippen LogP contribution < -0.4 is 11.1 Å². The molecule has 0 bridgehead atoms. The number of Topliss-reactive ketones (excluding diaryl/α,β-unsaturated/α-hetero) is 1. The molecule has 46 heavy (non-hydrogen) atoms. The van der Waals surface area contributed by atoms with E-state index in [0.29, 0.717) is 6.61 Å². The van der Waals surface area contributed by atoms with Crippen LogP contribution in [0.2, 0.25) is 0 Å². The molecule has 252 valence electrons. The van der Waals surface area contributed by atoms with Crippen molar-refractivity contribution in [3.05, 3.63) is 22.3 Å². The second-order valence-electron chi connectivity index (χ2n) is 9.61. The summed E-state index contributed by atoms with van der Waals surface area (Å²) in [5.41, 5.74) is 5.60. The van der Waals surface area contributed by atoms with Gasteiger partial charge in [0, 0.05) is 16.7 Å². The van der Waals surface area contributed by atoms with E-state index in [1.807, 2.05) is 13.8 Å². The van der Waals surface area contributed by atoms with Crippen LogP contribution >= 0.6 is 23.1 Å². The summed E-state index contributed by atoms with van der Waals surface area (Å²) in [6.07, 6.45) is 3.81. The number of thioether (sulfide) groups is 1. The molecule has 1 fully saturated rings. The van der Waals surface area contributed by atoms with Crippen molar-refractivity contribution in [3.63, 3.8) is 0 Å². The van der Waals surface area contributed by atoms with E-state index in [4.69, 9.17) is 20.4 Å². The Kier molecular flexibility index (Phi) is 15.6. The molecule has 0 saturated carbocycles. The monoisotopic (exact) mass is 684 g/mol. The number of nitrogens with one attached hydrogen (secondary N) is 1. The maximum atomic E-state index is 13.0. The zero-order valence-electron chi connectivity index (χ0n) is 25.4. The summed E-state index contributed by atoms with van der Waals surface area (Å²) >= 11 is 2.31. The largest absolute Gasteiger partial charge is 0.477 e. The third-order valence-corrected chi connectivity index (χ3v) is 7.90. The molecule has 0 aromatic carbocycles. The van der Waals surface area contributed by atoms with Crippen LogP contribution in [0, 0.1) is 0 Å². The van der Waals surface area contributed by atoms with Crippen LogP contribution in [0.1, 0.15) is 58.6 Å². The fraction of sp³-hybridized carbons (Fsp3) is 0.519. The van der Waals surface area contributed by atoms with Crippen LogP contribution in [-0.4, -0.2) is 105 Å². The van der Waals surface area contributed by atoms with E-state index in [9.17, 15) is 33.9 Å². The summed E-state index contributed by atoms with van der Waals surface area (Å²) in [5.74, 6) is -4.87. The number of oxime groups is 2. The van der Waals surface area contributed by atoms with Crippen molar-refractivity contribution < 1.29 is 53.4 Å². The molecular weight excluding hydrogens is 648 g/mol. The molecule has 3 heterocycles. The molecule has 17 nitrogen and oxygen atoms in total. The number of nitrogens with zero attached hydrogens (tertiary/aromatic N) is 4. The standard InChI is InChI=1S/C21H25N5O8S2.C6H11NO3/c1-3-4-5-34-25-14(12-9-36-21(22)23-12)17(29)24-15-18(30)26-16(20(31)32)11(8-35-19(15)26)7-33-13(28)6-10(2)27;1-2-3-4-10-7-5-6(8)9/h9,15,19H,3-8H2,1-2H3,(H2,22,23)(H,24,29)(H,31,32);5H,2-4H2,1H3,(H,8,9)/b25-14-;/t15-,19+;/m1./s1. The number of esters is 1. The minimum atomic E-state index is -1.37. The van der Waals surface area contributed by atoms with Crippen molar-refractivity contribution in [2.24, 2.45) is 10.3 Å². The van der Waals surface area contributed by atoms with Gasteiger partial charge in [-0.05, 0) is 19.8 Å². The minimum absolute atomic E-state index is 0.138. The van der Waals surface area contributed by atoms with E-state index < -0.39 is 47.6 Å². The Morgan fingerprint density at radius 3 is 2.39 bits per heavy atom. The number of carboxylic acids is 2. The number of rotatable bonds is 17. The first-order valence-electron chi connectivity index (χ1n) is 14.1. The second kappa shape index (κ2) is 19.1. The van der Waals surface area contributed by atoms with Gasteiger partial charge in [0.05, 0.1) is 0 Å². The van der Waals surface area contributed by atoms with Crippen molar-refractivity contribution >= 4 is 75.7 Å².